The molecule has 9 nitrogen and oxygen atoms in total. The number of hydrogen-bond acceptors (Lipinski definition) is 6. The van der Waals surface area contributed by atoms with Crippen LogP contribution in [0, 0.1) is 0 Å². The highest BCUT2D eigenvalue weighted by atomic mass is 16.6. The van der Waals surface area contributed by atoms with Gasteiger partial charge in [0.25, 0.3) is 0 Å². The molecule has 1 aliphatic heterocycles. The van der Waals surface area contributed by atoms with E-state index < -0.39 is 29.4 Å². The van der Waals surface area contributed by atoms with Gasteiger partial charge in [-0.05, 0) is 32.4 Å². The number of amides is 2. The minimum Gasteiger partial charge on any atom is -0.477 e. The van der Waals surface area contributed by atoms with Crippen LogP contribution in [-0.2, 0) is 20.9 Å². The maximum absolute atomic E-state index is 12.5. The van der Waals surface area contributed by atoms with Crippen LogP contribution in [-0.4, -0.2) is 44.2 Å². The lowest BCUT2D eigenvalue weighted by atomic mass is 10.1. The van der Waals surface area contributed by atoms with Crippen LogP contribution < -0.4 is 4.90 Å². The predicted octanol–water partition coefficient (Wildman–Crippen LogP) is 2.24. The zero-order valence-electron chi connectivity index (χ0n) is 16.3. The SMILES string of the molecule is CC(C)(C)OC(=O)c1ccccc1Cn1cc(C(=O)O)c(N2C(=O)CCC2=O)n1. The number of carbonyl (C=O) groups excluding carboxylic acids is 3. The molecule has 1 fully saturated rings. The van der Waals surface area contributed by atoms with Gasteiger partial charge in [0.1, 0.15) is 11.2 Å². The molecule has 1 aliphatic rings. The van der Waals surface area contributed by atoms with Gasteiger partial charge in [-0.3, -0.25) is 14.3 Å². The number of benzene rings is 1. The summed E-state index contributed by atoms with van der Waals surface area (Å²) in [6.07, 6.45) is 1.28. The molecule has 29 heavy (non-hydrogen) atoms. The Morgan fingerprint density at radius 2 is 1.72 bits per heavy atom. The summed E-state index contributed by atoms with van der Waals surface area (Å²) in [6, 6.07) is 6.74. The smallest absolute Gasteiger partial charge is 0.341 e. The molecule has 2 aromatic rings. The van der Waals surface area contributed by atoms with E-state index in [0.717, 1.165) is 4.90 Å². The summed E-state index contributed by atoms with van der Waals surface area (Å²) >= 11 is 0. The van der Waals surface area contributed by atoms with Crippen molar-refractivity contribution in [3.8, 4) is 0 Å². The van der Waals surface area contributed by atoms with E-state index in [1.165, 1.54) is 10.9 Å². The van der Waals surface area contributed by atoms with E-state index in [1.807, 2.05) is 0 Å². The lowest BCUT2D eigenvalue weighted by molar-refractivity contribution is -0.121. The standard InChI is InChI=1S/C20H21N3O6/c1-20(2,3)29-19(28)13-7-5-4-6-12(13)10-22-11-14(18(26)27)17(21-22)23-15(24)8-9-16(23)25/h4-7,11H,8-10H2,1-3H3,(H,26,27). The van der Waals surface area contributed by atoms with E-state index >= 15 is 0 Å². The topological polar surface area (TPSA) is 119 Å². The number of aromatic carboxylic acids is 1. The first-order chi connectivity index (χ1) is 13.6. The van der Waals surface area contributed by atoms with E-state index in [9.17, 15) is 24.3 Å². The van der Waals surface area contributed by atoms with E-state index in [4.69, 9.17) is 4.74 Å². The second-order valence-corrected chi connectivity index (χ2v) is 7.65. The minimum absolute atomic E-state index is 0.0201. The Morgan fingerprint density at radius 1 is 1.10 bits per heavy atom. The van der Waals surface area contributed by atoms with E-state index in [-0.39, 0.29) is 30.8 Å². The number of imide groups is 1. The van der Waals surface area contributed by atoms with Gasteiger partial charge in [-0.2, -0.15) is 5.10 Å². The normalized spacial score (nSPS) is 14.4. The Labute approximate surface area is 166 Å². The van der Waals surface area contributed by atoms with Gasteiger partial charge in [0.05, 0.1) is 12.1 Å². The van der Waals surface area contributed by atoms with Crippen molar-refractivity contribution in [1.29, 1.82) is 0 Å². The van der Waals surface area contributed by atoms with Crippen molar-refractivity contribution >= 4 is 29.6 Å². The number of hydrogen-bond donors (Lipinski definition) is 1. The molecule has 0 radical (unpaired) electrons. The monoisotopic (exact) mass is 399 g/mol. The van der Waals surface area contributed by atoms with Gasteiger partial charge < -0.3 is 9.84 Å². The fourth-order valence-corrected chi connectivity index (χ4v) is 2.99. The molecule has 0 atom stereocenters. The number of ether oxygens (including phenoxy) is 1. The van der Waals surface area contributed by atoms with Gasteiger partial charge in [0, 0.05) is 19.0 Å². The third-order valence-corrected chi connectivity index (χ3v) is 4.20. The Bertz CT molecular complexity index is 986. The van der Waals surface area contributed by atoms with Gasteiger partial charge in [-0.1, -0.05) is 18.2 Å². The first kappa shape index (κ1) is 20.2. The zero-order valence-corrected chi connectivity index (χ0v) is 16.3. The molecule has 152 valence electrons. The van der Waals surface area contributed by atoms with Crippen LogP contribution in [0.1, 0.15) is 59.9 Å². The molecule has 1 saturated heterocycles. The molecular weight excluding hydrogens is 378 g/mol. The molecule has 2 heterocycles. The first-order valence-corrected chi connectivity index (χ1v) is 9.04. The second kappa shape index (κ2) is 7.50. The quantitative estimate of drug-likeness (QED) is 0.605. The molecule has 9 heteroatoms. The predicted molar refractivity (Wildman–Crippen MR) is 102 cm³/mol. The molecule has 1 aromatic heterocycles. The third kappa shape index (κ3) is 4.34. The van der Waals surface area contributed by atoms with Crippen LogP contribution in [0.5, 0.6) is 0 Å². The Morgan fingerprint density at radius 3 is 2.31 bits per heavy atom. The number of rotatable bonds is 5. The third-order valence-electron chi connectivity index (χ3n) is 4.20. The van der Waals surface area contributed by atoms with Crippen LogP contribution in [0.3, 0.4) is 0 Å². The van der Waals surface area contributed by atoms with Crippen molar-refractivity contribution in [2.24, 2.45) is 0 Å². The van der Waals surface area contributed by atoms with Crippen LogP contribution in [0.4, 0.5) is 5.82 Å². The summed E-state index contributed by atoms with van der Waals surface area (Å²) < 4.78 is 6.71. The van der Waals surface area contributed by atoms with Crippen LogP contribution in [0.25, 0.3) is 0 Å². The highest BCUT2D eigenvalue weighted by Crippen LogP contribution is 2.26. The molecule has 0 aliphatic carbocycles. The molecular formula is C20H21N3O6. The van der Waals surface area contributed by atoms with Crippen molar-refractivity contribution in [1.82, 2.24) is 9.78 Å². The fraction of sp³-hybridized carbons (Fsp3) is 0.350. The van der Waals surface area contributed by atoms with Crippen molar-refractivity contribution in [2.45, 2.75) is 45.8 Å². The summed E-state index contributed by atoms with van der Waals surface area (Å²) in [5.74, 6) is -3.00. The largest absolute Gasteiger partial charge is 0.477 e. The van der Waals surface area contributed by atoms with Crippen molar-refractivity contribution < 1.29 is 29.0 Å². The number of nitrogens with zero attached hydrogens (tertiary/aromatic N) is 3. The second-order valence-electron chi connectivity index (χ2n) is 7.65. The Kier molecular flexibility index (Phi) is 5.23. The van der Waals surface area contributed by atoms with Crippen LogP contribution >= 0.6 is 0 Å². The molecule has 1 aromatic carbocycles. The summed E-state index contributed by atoms with van der Waals surface area (Å²) in [4.78, 5) is 48.9. The molecule has 0 bridgehead atoms. The van der Waals surface area contributed by atoms with Crippen molar-refractivity contribution in [2.75, 3.05) is 4.90 Å². The summed E-state index contributed by atoms with van der Waals surface area (Å²) in [7, 11) is 0. The molecule has 0 unspecified atom stereocenters. The Balaban J connectivity index is 1.95. The van der Waals surface area contributed by atoms with Crippen LogP contribution in [0.2, 0.25) is 0 Å². The molecule has 3 rings (SSSR count). The fourth-order valence-electron chi connectivity index (χ4n) is 2.99. The lowest BCUT2D eigenvalue weighted by Gasteiger charge is -2.20. The maximum atomic E-state index is 12.5. The van der Waals surface area contributed by atoms with E-state index in [1.54, 1.807) is 45.0 Å². The number of anilines is 1. The first-order valence-electron chi connectivity index (χ1n) is 9.04. The van der Waals surface area contributed by atoms with Crippen molar-refractivity contribution in [3.05, 3.63) is 47.2 Å². The minimum atomic E-state index is -1.31. The molecule has 0 saturated carbocycles. The number of aromatic nitrogens is 2. The van der Waals surface area contributed by atoms with Gasteiger partial charge in [-0.25, -0.2) is 14.5 Å². The van der Waals surface area contributed by atoms with Gasteiger partial charge >= 0.3 is 11.9 Å². The average Bonchev–Trinajstić information content (AvgIpc) is 3.16. The van der Waals surface area contributed by atoms with Crippen molar-refractivity contribution in [3.63, 3.8) is 0 Å². The summed E-state index contributed by atoms with van der Waals surface area (Å²) in [6.45, 7) is 5.34. The average molecular weight is 399 g/mol. The van der Waals surface area contributed by atoms with Gasteiger partial charge in [-0.15, -0.1) is 0 Å². The van der Waals surface area contributed by atoms with Gasteiger partial charge in [0.15, 0.2) is 5.82 Å². The lowest BCUT2D eigenvalue weighted by Crippen LogP contribution is -2.30. The number of carbonyl (C=O) groups is 4. The van der Waals surface area contributed by atoms with E-state index in [2.05, 4.69) is 5.10 Å². The maximum Gasteiger partial charge on any atom is 0.341 e. The number of esters is 1. The van der Waals surface area contributed by atoms with Gasteiger partial charge in [0.2, 0.25) is 11.8 Å². The zero-order chi connectivity index (χ0) is 21.3. The van der Waals surface area contributed by atoms with E-state index in [0.29, 0.717) is 11.1 Å². The molecule has 1 N–H and O–H groups in total. The summed E-state index contributed by atoms with van der Waals surface area (Å²) in [5, 5.41) is 13.6. The number of carboxylic acids is 1. The molecule has 0 spiro atoms. The highest BCUT2D eigenvalue weighted by molar-refractivity contribution is 6.21. The molecule has 2 amide bonds. The summed E-state index contributed by atoms with van der Waals surface area (Å²) in [5.41, 5.74) is -0.0458. The number of carboxylic acid groups (broad SMARTS) is 1. The Hall–Kier alpha value is -3.49. The van der Waals surface area contributed by atoms with Crippen LogP contribution in [0.15, 0.2) is 30.5 Å². The highest BCUT2D eigenvalue weighted by Gasteiger charge is 2.35.